The number of rotatable bonds is 4. The molecule has 0 aliphatic heterocycles. The average Bonchev–Trinajstić information content (AvgIpc) is 3.02. The third-order valence-electron chi connectivity index (χ3n) is 3.53. The molecule has 4 heteroatoms. The van der Waals surface area contributed by atoms with E-state index in [1.807, 2.05) is 25.4 Å². The van der Waals surface area contributed by atoms with E-state index in [4.69, 9.17) is 0 Å². The van der Waals surface area contributed by atoms with Crippen LogP contribution >= 0.6 is 0 Å². The lowest BCUT2D eigenvalue weighted by molar-refractivity contribution is -0.117. The van der Waals surface area contributed by atoms with Gasteiger partial charge in [-0.25, -0.2) is 4.98 Å². The summed E-state index contributed by atoms with van der Waals surface area (Å²) in [6.07, 6.45) is 5.15. The van der Waals surface area contributed by atoms with E-state index in [9.17, 15) is 4.79 Å². The predicted molar refractivity (Wildman–Crippen MR) is 79.5 cm³/mol. The Labute approximate surface area is 117 Å². The fraction of sp³-hybridized carbons (Fsp3) is 0.250. The highest BCUT2D eigenvalue weighted by Gasteiger charge is 2.10. The molecule has 4 nitrogen and oxygen atoms in total. The molecule has 1 N–H and O–H groups in total. The number of carbonyl (C=O) groups is 1. The van der Waals surface area contributed by atoms with Crippen molar-refractivity contribution < 1.29 is 4.79 Å². The van der Waals surface area contributed by atoms with Crippen LogP contribution in [-0.4, -0.2) is 20.3 Å². The second-order valence-electron chi connectivity index (χ2n) is 5.12. The molecule has 0 aliphatic carbocycles. The molecule has 0 atom stereocenters. The second-order valence-corrected chi connectivity index (χ2v) is 5.12. The Morgan fingerprint density at radius 1 is 1.35 bits per heavy atom. The van der Waals surface area contributed by atoms with Crippen LogP contribution in [0.2, 0.25) is 0 Å². The van der Waals surface area contributed by atoms with Crippen molar-refractivity contribution >= 4 is 16.7 Å². The van der Waals surface area contributed by atoms with Gasteiger partial charge in [0.2, 0.25) is 0 Å². The molecule has 0 bridgehead atoms. The van der Waals surface area contributed by atoms with E-state index in [2.05, 4.69) is 32.9 Å². The third kappa shape index (κ3) is 2.25. The molecule has 0 saturated heterocycles. The monoisotopic (exact) mass is 267 g/mol. The number of nitrogens with zero attached hydrogens (tertiary/aromatic N) is 2. The molecule has 0 saturated carbocycles. The smallest absolute Gasteiger partial charge is 0.130 e. The lowest BCUT2D eigenvalue weighted by Crippen LogP contribution is -1.95. The summed E-state index contributed by atoms with van der Waals surface area (Å²) in [5.41, 5.74) is 3.34. The lowest BCUT2D eigenvalue weighted by Gasteiger charge is -1.95. The molecule has 0 amide bonds. The van der Waals surface area contributed by atoms with Gasteiger partial charge in [-0.2, -0.15) is 0 Å². The Morgan fingerprint density at radius 2 is 2.15 bits per heavy atom. The van der Waals surface area contributed by atoms with Crippen molar-refractivity contribution in [3.05, 3.63) is 42.5 Å². The van der Waals surface area contributed by atoms with Gasteiger partial charge in [0.25, 0.3) is 0 Å². The largest absolute Gasteiger partial charge is 0.350 e. The van der Waals surface area contributed by atoms with Crippen LogP contribution in [0.15, 0.2) is 36.7 Å². The molecule has 2 aromatic heterocycles. The topological polar surface area (TPSA) is 50.7 Å². The molecule has 0 aliphatic rings. The summed E-state index contributed by atoms with van der Waals surface area (Å²) in [5, 5.41) is 1.21. The molecule has 3 aromatic rings. The second kappa shape index (κ2) is 4.96. The first kappa shape index (κ1) is 12.7. The minimum atomic E-state index is 0.188. The number of benzene rings is 1. The summed E-state index contributed by atoms with van der Waals surface area (Å²) in [5.74, 6) is 1.05. The minimum absolute atomic E-state index is 0.188. The molecule has 0 fully saturated rings. The Kier molecular flexibility index (Phi) is 3.14. The van der Waals surface area contributed by atoms with Crippen molar-refractivity contribution in [1.82, 2.24) is 14.5 Å². The molecule has 0 spiro atoms. The zero-order valence-corrected chi connectivity index (χ0v) is 11.7. The normalized spacial score (nSPS) is 11.1. The number of aromatic amines is 1. The number of nitrogens with one attached hydrogen (secondary N) is 1. The zero-order valence-electron chi connectivity index (χ0n) is 11.7. The van der Waals surface area contributed by atoms with Gasteiger partial charge >= 0.3 is 0 Å². The minimum Gasteiger partial charge on any atom is -0.350 e. The predicted octanol–water partition coefficient (Wildman–Crippen LogP) is 3.09. The highest BCUT2D eigenvalue weighted by atomic mass is 16.1. The average molecular weight is 267 g/mol. The van der Waals surface area contributed by atoms with Gasteiger partial charge < -0.3 is 14.3 Å². The van der Waals surface area contributed by atoms with Crippen LogP contribution in [-0.2, 0) is 18.3 Å². The van der Waals surface area contributed by atoms with Crippen LogP contribution in [0.4, 0.5) is 0 Å². The van der Waals surface area contributed by atoms with Crippen molar-refractivity contribution in [3.63, 3.8) is 0 Å². The molecule has 3 rings (SSSR count). The fourth-order valence-electron chi connectivity index (χ4n) is 2.48. The van der Waals surface area contributed by atoms with Gasteiger partial charge in [-0.1, -0.05) is 18.2 Å². The first-order valence-electron chi connectivity index (χ1n) is 6.73. The summed E-state index contributed by atoms with van der Waals surface area (Å²) < 4.78 is 2.11. The lowest BCUT2D eigenvalue weighted by atomic mass is 10.1. The van der Waals surface area contributed by atoms with Crippen LogP contribution < -0.4 is 0 Å². The summed E-state index contributed by atoms with van der Waals surface area (Å²) >= 11 is 0. The number of aromatic nitrogens is 3. The summed E-state index contributed by atoms with van der Waals surface area (Å²) in [6, 6.07) is 8.29. The standard InChI is InChI=1S/C16H17N3O/c1-11(20)7-8-16-17-9-14(18-16)13-10-19(2)15-6-4-3-5-12(13)15/h3-6,9-10H,7-8H2,1-2H3,(H,17,18). The molecular formula is C16H17N3O. The highest BCUT2D eigenvalue weighted by Crippen LogP contribution is 2.28. The molecular weight excluding hydrogens is 250 g/mol. The zero-order chi connectivity index (χ0) is 14.1. The summed E-state index contributed by atoms with van der Waals surface area (Å²) in [4.78, 5) is 18.7. The van der Waals surface area contributed by atoms with Crippen LogP contribution in [0, 0.1) is 0 Å². The highest BCUT2D eigenvalue weighted by molar-refractivity contribution is 5.95. The quantitative estimate of drug-likeness (QED) is 0.789. The van der Waals surface area contributed by atoms with E-state index < -0.39 is 0 Å². The van der Waals surface area contributed by atoms with Crippen molar-refractivity contribution in [3.8, 4) is 11.3 Å². The first-order chi connectivity index (χ1) is 9.65. The van der Waals surface area contributed by atoms with Gasteiger partial charge in [0.05, 0.1) is 11.9 Å². The van der Waals surface area contributed by atoms with E-state index >= 15 is 0 Å². The van der Waals surface area contributed by atoms with Gasteiger partial charge in [-0.3, -0.25) is 0 Å². The first-order valence-corrected chi connectivity index (χ1v) is 6.73. The molecule has 102 valence electrons. The number of imidazole rings is 1. The number of aryl methyl sites for hydroxylation is 2. The van der Waals surface area contributed by atoms with Crippen molar-refractivity contribution in [2.45, 2.75) is 19.8 Å². The van der Waals surface area contributed by atoms with E-state index in [-0.39, 0.29) is 5.78 Å². The van der Waals surface area contributed by atoms with Crippen LogP contribution in [0.1, 0.15) is 19.2 Å². The Hall–Kier alpha value is -2.36. The molecule has 1 aromatic carbocycles. The van der Waals surface area contributed by atoms with Gasteiger partial charge in [-0.05, 0) is 13.0 Å². The molecule has 20 heavy (non-hydrogen) atoms. The fourth-order valence-corrected chi connectivity index (χ4v) is 2.48. The van der Waals surface area contributed by atoms with E-state index in [1.54, 1.807) is 6.92 Å². The molecule has 0 unspecified atom stereocenters. The SMILES string of the molecule is CC(=O)CCc1ncc(-c2cn(C)c3ccccc23)[nH]1. The van der Waals surface area contributed by atoms with Crippen LogP contribution in [0.3, 0.4) is 0 Å². The van der Waals surface area contributed by atoms with E-state index in [0.717, 1.165) is 17.1 Å². The van der Waals surface area contributed by atoms with Gasteiger partial charge in [0, 0.05) is 42.6 Å². The van der Waals surface area contributed by atoms with E-state index in [0.29, 0.717) is 12.8 Å². The van der Waals surface area contributed by atoms with Crippen LogP contribution in [0.25, 0.3) is 22.2 Å². The number of hydrogen-bond acceptors (Lipinski definition) is 2. The number of Topliss-reactive ketones (excluding diaryl/α,β-unsaturated/α-hetero) is 1. The van der Waals surface area contributed by atoms with Crippen LogP contribution in [0.5, 0.6) is 0 Å². The Morgan fingerprint density at radius 3 is 2.95 bits per heavy atom. The Balaban J connectivity index is 1.97. The van der Waals surface area contributed by atoms with Gasteiger partial charge in [0.15, 0.2) is 0 Å². The maximum atomic E-state index is 11.0. The number of fused-ring (bicyclic) bond motifs is 1. The van der Waals surface area contributed by atoms with Crippen molar-refractivity contribution in [2.24, 2.45) is 7.05 Å². The Bertz CT molecular complexity index is 767. The maximum absolute atomic E-state index is 11.0. The summed E-state index contributed by atoms with van der Waals surface area (Å²) in [7, 11) is 2.04. The van der Waals surface area contributed by atoms with Crippen molar-refractivity contribution in [1.29, 1.82) is 0 Å². The number of para-hydroxylation sites is 1. The maximum Gasteiger partial charge on any atom is 0.130 e. The third-order valence-corrected chi connectivity index (χ3v) is 3.53. The molecule has 0 radical (unpaired) electrons. The van der Waals surface area contributed by atoms with Crippen molar-refractivity contribution in [2.75, 3.05) is 0 Å². The number of hydrogen-bond donors (Lipinski definition) is 1. The van der Waals surface area contributed by atoms with Gasteiger partial charge in [0.1, 0.15) is 11.6 Å². The molecule has 2 heterocycles. The number of carbonyl (C=O) groups excluding carboxylic acids is 1. The summed E-state index contributed by atoms with van der Waals surface area (Å²) in [6.45, 7) is 1.61. The van der Waals surface area contributed by atoms with E-state index in [1.165, 1.54) is 10.9 Å². The number of H-pyrrole nitrogens is 1. The van der Waals surface area contributed by atoms with Gasteiger partial charge in [-0.15, -0.1) is 0 Å². The number of ketones is 1.